The van der Waals surface area contributed by atoms with Crippen LogP contribution in [-0.4, -0.2) is 49.2 Å². The van der Waals surface area contributed by atoms with Crippen molar-refractivity contribution in [2.45, 2.75) is 37.8 Å². The maximum Gasteiger partial charge on any atom is 0.158 e. The zero-order valence-corrected chi connectivity index (χ0v) is 20.8. The van der Waals surface area contributed by atoms with Crippen LogP contribution in [0.2, 0.25) is 0 Å². The molecule has 3 heterocycles. The van der Waals surface area contributed by atoms with Gasteiger partial charge in [0.25, 0.3) is 0 Å². The maximum atomic E-state index is 13.3. The normalized spacial score (nSPS) is 19.9. The molecular formula is C27H31N5OS. The Morgan fingerprint density at radius 3 is 2.59 bits per heavy atom. The van der Waals surface area contributed by atoms with Crippen LogP contribution < -0.4 is 4.90 Å². The highest BCUT2D eigenvalue weighted by Gasteiger charge is 2.31. The van der Waals surface area contributed by atoms with E-state index in [1.807, 2.05) is 43.5 Å². The molecule has 3 unspecified atom stereocenters. The molecule has 6 nitrogen and oxygen atoms in total. The van der Waals surface area contributed by atoms with Crippen molar-refractivity contribution in [3.8, 4) is 0 Å². The van der Waals surface area contributed by atoms with Crippen molar-refractivity contribution in [3.63, 3.8) is 0 Å². The first-order valence-electron chi connectivity index (χ1n) is 11.8. The summed E-state index contributed by atoms with van der Waals surface area (Å²) in [4.78, 5) is 14.8. The van der Waals surface area contributed by atoms with E-state index < -0.39 is 11.0 Å². The van der Waals surface area contributed by atoms with Crippen LogP contribution in [0, 0.1) is 12.8 Å². The number of fused-ring (bicyclic) bond motifs is 1. The van der Waals surface area contributed by atoms with E-state index in [2.05, 4.69) is 64.1 Å². The Morgan fingerprint density at radius 1 is 1.06 bits per heavy atom. The van der Waals surface area contributed by atoms with Crippen molar-refractivity contribution in [2.24, 2.45) is 5.92 Å². The van der Waals surface area contributed by atoms with Crippen LogP contribution in [0.5, 0.6) is 0 Å². The minimum atomic E-state index is -1.36. The second-order valence-electron chi connectivity index (χ2n) is 9.30. The van der Waals surface area contributed by atoms with Gasteiger partial charge in [0, 0.05) is 32.4 Å². The molecule has 2 aromatic carbocycles. The standard InChI is InChI=1S/C27H31N5OS/c1-20-9-11-23(12-10-20)34(33)32-16-14-24-26(28-19-29-27(24)32)30(3)25-18-31(15-13-21(25)2)17-22-7-5-4-6-8-22/h4-12,14,16,19,21,25H,13,15,17-18H2,1-3H3. The van der Waals surface area contributed by atoms with E-state index >= 15 is 0 Å². The van der Waals surface area contributed by atoms with Gasteiger partial charge < -0.3 is 4.90 Å². The quantitative estimate of drug-likeness (QED) is 0.408. The Hall–Kier alpha value is -3.03. The van der Waals surface area contributed by atoms with E-state index in [-0.39, 0.29) is 0 Å². The van der Waals surface area contributed by atoms with Gasteiger partial charge in [-0.15, -0.1) is 0 Å². The lowest BCUT2D eigenvalue weighted by Gasteiger charge is -2.42. The molecule has 7 heteroatoms. The molecule has 0 spiro atoms. The van der Waals surface area contributed by atoms with Gasteiger partial charge >= 0.3 is 0 Å². The van der Waals surface area contributed by atoms with E-state index in [1.165, 1.54) is 5.56 Å². The summed E-state index contributed by atoms with van der Waals surface area (Å²) < 4.78 is 15.0. The van der Waals surface area contributed by atoms with Gasteiger partial charge in [-0.05, 0) is 49.6 Å². The minimum Gasteiger partial charge on any atom is -0.354 e. The molecule has 4 aromatic rings. The summed E-state index contributed by atoms with van der Waals surface area (Å²) >= 11 is 0. The summed E-state index contributed by atoms with van der Waals surface area (Å²) in [5.41, 5.74) is 3.19. The first kappa shape index (κ1) is 22.7. The van der Waals surface area contributed by atoms with E-state index in [9.17, 15) is 4.21 Å². The zero-order valence-electron chi connectivity index (χ0n) is 20.0. The lowest BCUT2D eigenvalue weighted by atomic mass is 9.92. The Bertz CT molecular complexity index is 1290. The summed E-state index contributed by atoms with van der Waals surface area (Å²) in [6.07, 6.45) is 4.60. The molecule has 2 aromatic heterocycles. The van der Waals surface area contributed by atoms with Gasteiger partial charge in [0.1, 0.15) is 12.1 Å². The van der Waals surface area contributed by atoms with Crippen LogP contribution in [0.15, 0.2) is 78.1 Å². The summed E-state index contributed by atoms with van der Waals surface area (Å²) in [6.45, 7) is 7.40. The third kappa shape index (κ3) is 4.50. The highest BCUT2D eigenvalue weighted by Crippen LogP contribution is 2.30. The fraction of sp³-hybridized carbons (Fsp3) is 0.333. The van der Waals surface area contributed by atoms with Gasteiger partial charge in [0.05, 0.1) is 10.3 Å². The van der Waals surface area contributed by atoms with Crippen LogP contribution >= 0.6 is 0 Å². The molecular weight excluding hydrogens is 442 g/mol. The number of hydrogen-bond donors (Lipinski definition) is 0. The Kier molecular flexibility index (Phi) is 6.48. The molecule has 0 radical (unpaired) electrons. The number of hydrogen-bond acceptors (Lipinski definition) is 5. The van der Waals surface area contributed by atoms with E-state index in [0.29, 0.717) is 17.6 Å². The first-order chi connectivity index (χ1) is 16.5. The van der Waals surface area contributed by atoms with Crippen molar-refractivity contribution in [1.29, 1.82) is 0 Å². The Morgan fingerprint density at radius 2 is 1.82 bits per heavy atom. The fourth-order valence-electron chi connectivity index (χ4n) is 4.86. The topological polar surface area (TPSA) is 54.3 Å². The lowest BCUT2D eigenvalue weighted by molar-refractivity contribution is 0.159. The highest BCUT2D eigenvalue weighted by atomic mass is 32.2. The van der Waals surface area contributed by atoms with E-state index in [4.69, 9.17) is 0 Å². The number of piperidine rings is 1. The van der Waals surface area contributed by atoms with Crippen LogP contribution in [0.3, 0.4) is 0 Å². The monoisotopic (exact) mass is 473 g/mol. The molecule has 5 rings (SSSR count). The molecule has 34 heavy (non-hydrogen) atoms. The summed E-state index contributed by atoms with van der Waals surface area (Å²) in [7, 11) is 0.768. The molecule has 0 bridgehead atoms. The summed E-state index contributed by atoms with van der Waals surface area (Å²) in [6, 6.07) is 20.8. The number of nitrogens with zero attached hydrogens (tertiary/aromatic N) is 5. The smallest absolute Gasteiger partial charge is 0.158 e. The number of likely N-dealkylation sites (N-methyl/N-ethyl adjacent to an activating group) is 1. The van der Waals surface area contributed by atoms with E-state index in [0.717, 1.165) is 47.7 Å². The van der Waals surface area contributed by atoms with Gasteiger partial charge in [0.15, 0.2) is 16.6 Å². The minimum absolute atomic E-state index is 0.335. The molecule has 1 saturated heterocycles. The number of anilines is 1. The van der Waals surface area contributed by atoms with Gasteiger partial charge in [-0.2, -0.15) is 0 Å². The van der Waals surface area contributed by atoms with Gasteiger partial charge in [-0.25, -0.2) is 18.1 Å². The van der Waals surface area contributed by atoms with Crippen LogP contribution in [0.4, 0.5) is 5.82 Å². The van der Waals surface area contributed by atoms with Crippen LogP contribution in [0.1, 0.15) is 24.5 Å². The average molecular weight is 474 g/mol. The van der Waals surface area contributed by atoms with Crippen LogP contribution in [-0.2, 0) is 17.5 Å². The predicted octanol–water partition coefficient (Wildman–Crippen LogP) is 4.66. The Balaban J connectivity index is 1.41. The fourth-order valence-corrected chi connectivity index (χ4v) is 5.93. The molecule has 0 N–H and O–H groups in total. The molecule has 0 aliphatic carbocycles. The molecule has 0 amide bonds. The summed E-state index contributed by atoms with van der Waals surface area (Å²) in [5, 5.41) is 0.929. The molecule has 0 saturated carbocycles. The molecule has 1 aliphatic heterocycles. The van der Waals surface area contributed by atoms with Crippen LogP contribution in [0.25, 0.3) is 11.0 Å². The number of aryl methyl sites for hydroxylation is 1. The van der Waals surface area contributed by atoms with Crippen molar-refractivity contribution < 1.29 is 4.21 Å². The van der Waals surface area contributed by atoms with Crippen molar-refractivity contribution in [1.82, 2.24) is 18.8 Å². The molecule has 3 atom stereocenters. The average Bonchev–Trinajstić information content (AvgIpc) is 3.30. The second-order valence-corrected chi connectivity index (χ2v) is 10.7. The van der Waals surface area contributed by atoms with Crippen molar-refractivity contribution in [3.05, 3.63) is 84.3 Å². The molecule has 1 aliphatic rings. The number of aromatic nitrogens is 3. The first-order valence-corrected chi connectivity index (χ1v) is 12.9. The highest BCUT2D eigenvalue weighted by molar-refractivity contribution is 7.83. The second kappa shape index (κ2) is 9.68. The van der Waals surface area contributed by atoms with E-state index in [1.54, 1.807) is 10.3 Å². The third-order valence-electron chi connectivity index (χ3n) is 6.91. The third-order valence-corrected chi connectivity index (χ3v) is 8.24. The molecule has 176 valence electrons. The summed E-state index contributed by atoms with van der Waals surface area (Å²) in [5.74, 6) is 1.44. The number of likely N-dealkylation sites (tertiary alicyclic amines) is 1. The SMILES string of the molecule is Cc1ccc(S(=O)n2ccc3c(N(C)C4CN(Cc5ccccc5)CCC4C)ncnc32)cc1. The van der Waals surface area contributed by atoms with Crippen molar-refractivity contribution >= 4 is 27.8 Å². The van der Waals surface area contributed by atoms with Gasteiger partial charge in [-0.1, -0.05) is 55.0 Å². The van der Waals surface area contributed by atoms with Crippen molar-refractivity contribution in [2.75, 3.05) is 25.0 Å². The predicted molar refractivity (Wildman–Crippen MR) is 138 cm³/mol. The molecule has 1 fully saturated rings. The van der Waals surface area contributed by atoms with Gasteiger partial charge in [-0.3, -0.25) is 4.90 Å². The lowest BCUT2D eigenvalue weighted by Crippen LogP contribution is -2.50. The number of rotatable bonds is 6. The zero-order chi connectivity index (χ0) is 23.7. The number of benzene rings is 2. The Labute approximate surface area is 203 Å². The maximum absolute atomic E-state index is 13.3. The van der Waals surface area contributed by atoms with Gasteiger partial charge in [0.2, 0.25) is 0 Å². The largest absolute Gasteiger partial charge is 0.354 e.